The van der Waals surface area contributed by atoms with E-state index in [0.29, 0.717) is 11.7 Å². The van der Waals surface area contributed by atoms with Crippen LogP contribution in [0.3, 0.4) is 0 Å². The monoisotopic (exact) mass is 212 g/mol. The van der Waals surface area contributed by atoms with Gasteiger partial charge in [-0.1, -0.05) is 12.1 Å². The number of thiocarbonyl (C=S) groups is 1. The standard InChI is InChI=1S/C11H13FOS/c1-2-13-11(14)8-5-9-3-6-10(12)7-4-9/h3-4,6-7H,2,5,8H2,1H3. The Bertz CT molecular complexity index is 295. The van der Waals surface area contributed by atoms with Gasteiger partial charge in [0.15, 0.2) is 5.05 Å². The van der Waals surface area contributed by atoms with Crippen LogP contribution in [0.4, 0.5) is 4.39 Å². The summed E-state index contributed by atoms with van der Waals surface area (Å²) in [5.41, 5.74) is 1.08. The van der Waals surface area contributed by atoms with E-state index in [1.807, 2.05) is 6.92 Å². The average Bonchev–Trinajstić information content (AvgIpc) is 2.17. The Kier molecular flexibility index (Phi) is 4.53. The minimum absolute atomic E-state index is 0.207. The van der Waals surface area contributed by atoms with Crippen molar-refractivity contribution in [1.82, 2.24) is 0 Å². The lowest BCUT2D eigenvalue weighted by atomic mass is 10.1. The van der Waals surface area contributed by atoms with Gasteiger partial charge in [0, 0.05) is 6.42 Å². The van der Waals surface area contributed by atoms with E-state index in [1.165, 1.54) is 12.1 Å². The first-order valence-corrected chi connectivity index (χ1v) is 5.03. The molecule has 0 heterocycles. The third-order valence-corrected chi connectivity index (χ3v) is 2.16. The molecular formula is C11H13FOS. The molecule has 0 amide bonds. The molecule has 0 aromatic heterocycles. The van der Waals surface area contributed by atoms with Crippen molar-refractivity contribution in [3.63, 3.8) is 0 Å². The van der Waals surface area contributed by atoms with Crippen LogP contribution in [0.5, 0.6) is 0 Å². The molecule has 0 unspecified atom stereocenters. The predicted octanol–water partition coefficient (Wildman–Crippen LogP) is 3.12. The molecule has 1 aromatic rings. The second-order valence-electron chi connectivity index (χ2n) is 2.93. The molecule has 1 nitrogen and oxygen atoms in total. The van der Waals surface area contributed by atoms with Crippen LogP contribution in [0.1, 0.15) is 18.9 Å². The molecule has 0 saturated carbocycles. The van der Waals surface area contributed by atoms with E-state index in [9.17, 15) is 4.39 Å². The van der Waals surface area contributed by atoms with Gasteiger partial charge in [0.2, 0.25) is 0 Å². The van der Waals surface area contributed by atoms with E-state index >= 15 is 0 Å². The molecule has 0 aliphatic carbocycles. The molecule has 0 fully saturated rings. The molecule has 0 N–H and O–H groups in total. The van der Waals surface area contributed by atoms with Gasteiger partial charge in [0.05, 0.1) is 6.61 Å². The zero-order valence-corrected chi connectivity index (χ0v) is 8.94. The Labute approximate surface area is 88.9 Å². The smallest absolute Gasteiger partial charge is 0.159 e. The topological polar surface area (TPSA) is 9.23 Å². The number of benzene rings is 1. The average molecular weight is 212 g/mol. The molecule has 0 aliphatic heterocycles. The fourth-order valence-electron chi connectivity index (χ4n) is 1.13. The zero-order chi connectivity index (χ0) is 10.4. The summed E-state index contributed by atoms with van der Waals surface area (Å²) in [6.07, 6.45) is 1.52. The van der Waals surface area contributed by atoms with Gasteiger partial charge in [-0.2, -0.15) is 0 Å². The molecule has 0 saturated heterocycles. The zero-order valence-electron chi connectivity index (χ0n) is 8.13. The first kappa shape index (κ1) is 11.1. The summed E-state index contributed by atoms with van der Waals surface area (Å²) in [7, 11) is 0. The number of ether oxygens (including phenoxy) is 1. The van der Waals surface area contributed by atoms with Gasteiger partial charge in [-0.25, -0.2) is 4.39 Å². The normalized spacial score (nSPS) is 9.86. The lowest BCUT2D eigenvalue weighted by Crippen LogP contribution is -2.02. The van der Waals surface area contributed by atoms with Crippen LogP contribution in [0, 0.1) is 5.82 Å². The van der Waals surface area contributed by atoms with Gasteiger partial charge < -0.3 is 4.74 Å². The highest BCUT2D eigenvalue weighted by Gasteiger charge is 1.98. The van der Waals surface area contributed by atoms with Gasteiger partial charge in [0.1, 0.15) is 5.82 Å². The van der Waals surface area contributed by atoms with Crippen molar-refractivity contribution >= 4 is 17.3 Å². The Morgan fingerprint density at radius 2 is 2.00 bits per heavy atom. The molecule has 0 radical (unpaired) electrons. The Morgan fingerprint density at radius 1 is 1.36 bits per heavy atom. The van der Waals surface area contributed by atoms with Crippen LogP contribution in [-0.2, 0) is 11.2 Å². The minimum atomic E-state index is -0.207. The maximum Gasteiger partial charge on any atom is 0.159 e. The summed E-state index contributed by atoms with van der Waals surface area (Å²) >= 11 is 4.98. The molecule has 0 aliphatic rings. The molecule has 76 valence electrons. The summed E-state index contributed by atoms with van der Waals surface area (Å²) in [5, 5.41) is 0.622. The van der Waals surface area contributed by atoms with E-state index < -0.39 is 0 Å². The van der Waals surface area contributed by atoms with Gasteiger partial charge >= 0.3 is 0 Å². The second-order valence-corrected chi connectivity index (χ2v) is 3.39. The van der Waals surface area contributed by atoms with Crippen LogP contribution < -0.4 is 0 Å². The quantitative estimate of drug-likeness (QED) is 0.709. The van der Waals surface area contributed by atoms with E-state index in [2.05, 4.69) is 0 Å². The van der Waals surface area contributed by atoms with Crippen molar-refractivity contribution < 1.29 is 9.13 Å². The molecule has 14 heavy (non-hydrogen) atoms. The van der Waals surface area contributed by atoms with Crippen molar-refractivity contribution in [2.24, 2.45) is 0 Å². The molecule has 0 atom stereocenters. The third-order valence-electron chi connectivity index (χ3n) is 1.84. The highest BCUT2D eigenvalue weighted by Crippen LogP contribution is 2.06. The van der Waals surface area contributed by atoms with Gasteiger partial charge in [-0.3, -0.25) is 0 Å². The number of hydrogen-bond donors (Lipinski definition) is 0. The highest BCUT2D eigenvalue weighted by molar-refractivity contribution is 7.80. The summed E-state index contributed by atoms with van der Waals surface area (Å²) in [6, 6.07) is 6.45. The highest BCUT2D eigenvalue weighted by atomic mass is 32.1. The predicted molar refractivity (Wildman–Crippen MR) is 58.9 cm³/mol. The van der Waals surface area contributed by atoms with Crippen LogP contribution in [0.15, 0.2) is 24.3 Å². The van der Waals surface area contributed by atoms with Crippen molar-refractivity contribution in [2.45, 2.75) is 19.8 Å². The number of halogens is 1. The van der Waals surface area contributed by atoms with Gasteiger partial charge in [-0.05, 0) is 43.3 Å². The van der Waals surface area contributed by atoms with E-state index in [1.54, 1.807) is 12.1 Å². The Morgan fingerprint density at radius 3 is 2.57 bits per heavy atom. The molecule has 0 spiro atoms. The van der Waals surface area contributed by atoms with Gasteiger partial charge in [0.25, 0.3) is 0 Å². The number of aryl methyl sites for hydroxylation is 1. The van der Waals surface area contributed by atoms with Crippen LogP contribution in [0.2, 0.25) is 0 Å². The maximum atomic E-state index is 12.6. The Hall–Kier alpha value is -0.960. The van der Waals surface area contributed by atoms with E-state index in [-0.39, 0.29) is 5.82 Å². The summed E-state index contributed by atoms with van der Waals surface area (Å²) < 4.78 is 17.7. The van der Waals surface area contributed by atoms with E-state index in [4.69, 9.17) is 17.0 Å². The molecular weight excluding hydrogens is 199 g/mol. The van der Waals surface area contributed by atoms with Crippen molar-refractivity contribution in [3.05, 3.63) is 35.6 Å². The largest absolute Gasteiger partial charge is 0.487 e. The van der Waals surface area contributed by atoms with Gasteiger partial charge in [-0.15, -0.1) is 0 Å². The van der Waals surface area contributed by atoms with Crippen LogP contribution >= 0.6 is 12.2 Å². The lowest BCUT2D eigenvalue weighted by Gasteiger charge is -2.04. The SMILES string of the molecule is CCOC(=S)CCc1ccc(F)cc1. The number of rotatable bonds is 4. The fraction of sp³-hybridized carbons (Fsp3) is 0.364. The van der Waals surface area contributed by atoms with Crippen molar-refractivity contribution in [1.29, 1.82) is 0 Å². The molecule has 1 aromatic carbocycles. The Balaban J connectivity index is 2.38. The molecule has 3 heteroatoms. The van der Waals surface area contributed by atoms with Crippen LogP contribution in [0.25, 0.3) is 0 Å². The summed E-state index contributed by atoms with van der Waals surface area (Å²) in [6.45, 7) is 2.52. The first-order valence-electron chi connectivity index (χ1n) is 4.62. The molecule has 1 rings (SSSR count). The maximum absolute atomic E-state index is 12.6. The second kappa shape index (κ2) is 5.70. The van der Waals surface area contributed by atoms with Crippen molar-refractivity contribution in [3.8, 4) is 0 Å². The summed E-state index contributed by atoms with van der Waals surface area (Å²) in [4.78, 5) is 0. The fourth-order valence-corrected chi connectivity index (χ4v) is 1.35. The lowest BCUT2D eigenvalue weighted by molar-refractivity contribution is 0.327. The van der Waals surface area contributed by atoms with E-state index in [0.717, 1.165) is 18.4 Å². The third kappa shape index (κ3) is 3.83. The van der Waals surface area contributed by atoms with Crippen LogP contribution in [-0.4, -0.2) is 11.7 Å². The summed E-state index contributed by atoms with van der Waals surface area (Å²) in [5.74, 6) is -0.207. The van der Waals surface area contributed by atoms with Crippen molar-refractivity contribution in [2.75, 3.05) is 6.61 Å². The molecule has 0 bridgehead atoms. The minimum Gasteiger partial charge on any atom is -0.487 e. The number of hydrogen-bond acceptors (Lipinski definition) is 2. The first-order chi connectivity index (χ1) is 6.72.